The van der Waals surface area contributed by atoms with Gasteiger partial charge < -0.3 is 19.1 Å². The molecule has 0 unspecified atom stereocenters. The molecule has 12 heteroatoms. The fraction of sp³-hybridized carbons (Fsp3) is 0.143. The summed E-state index contributed by atoms with van der Waals surface area (Å²) in [4.78, 5) is 36.5. The van der Waals surface area contributed by atoms with E-state index in [1.807, 2.05) is 24.3 Å². The van der Waals surface area contributed by atoms with Crippen molar-refractivity contribution < 1.29 is 23.9 Å². The van der Waals surface area contributed by atoms with Crippen LogP contribution in [0.25, 0.3) is 17.1 Å². The molecular formula is C28H24N6O6. The van der Waals surface area contributed by atoms with E-state index in [0.29, 0.717) is 34.5 Å². The van der Waals surface area contributed by atoms with Crippen LogP contribution in [0.15, 0.2) is 81.0 Å². The average molecular weight is 541 g/mol. The lowest BCUT2D eigenvalue weighted by Gasteiger charge is -2.11. The minimum Gasteiger partial charge on any atom is -0.493 e. The third kappa shape index (κ3) is 5.23. The Balaban J connectivity index is 1.56. The van der Waals surface area contributed by atoms with E-state index < -0.39 is 11.7 Å². The highest BCUT2D eigenvalue weighted by molar-refractivity contribution is 6.10. The first-order valence-corrected chi connectivity index (χ1v) is 12.1. The molecule has 3 aromatic carbocycles. The summed E-state index contributed by atoms with van der Waals surface area (Å²) in [6, 6.07) is 18.8. The maximum absolute atomic E-state index is 13.0. The lowest BCUT2D eigenvalue weighted by Crippen LogP contribution is -2.18. The predicted octanol–water partition coefficient (Wildman–Crippen LogP) is 3.67. The fourth-order valence-electron chi connectivity index (χ4n) is 4.07. The van der Waals surface area contributed by atoms with Gasteiger partial charge in [0.1, 0.15) is 5.71 Å². The zero-order valence-electron chi connectivity index (χ0n) is 21.8. The number of hydrogen-bond acceptors (Lipinski definition) is 9. The highest BCUT2D eigenvalue weighted by atomic mass is 16.5. The van der Waals surface area contributed by atoms with Crippen molar-refractivity contribution in [1.82, 2.24) is 24.9 Å². The number of aromatic nitrogens is 5. The third-order valence-corrected chi connectivity index (χ3v) is 6.02. The van der Waals surface area contributed by atoms with Crippen molar-refractivity contribution in [3.8, 4) is 28.6 Å². The van der Waals surface area contributed by atoms with Crippen LogP contribution in [0, 0.1) is 6.92 Å². The number of nitrogens with one attached hydrogen (secondary N) is 1. The van der Waals surface area contributed by atoms with Gasteiger partial charge in [-0.05, 0) is 35.9 Å². The van der Waals surface area contributed by atoms with Crippen LogP contribution in [-0.2, 0) is 6.54 Å². The Kier molecular flexibility index (Phi) is 7.22. The van der Waals surface area contributed by atoms with Gasteiger partial charge in [0.05, 0.1) is 32.0 Å². The molecule has 0 saturated carbocycles. The van der Waals surface area contributed by atoms with E-state index in [0.717, 1.165) is 15.8 Å². The van der Waals surface area contributed by atoms with Gasteiger partial charge >= 0.3 is 11.7 Å². The van der Waals surface area contributed by atoms with E-state index in [9.17, 15) is 14.7 Å². The quantitative estimate of drug-likeness (QED) is 0.266. The molecule has 0 radical (unpaired) electrons. The number of benzene rings is 3. The number of aromatic carboxylic acids is 1. The Morgan fingerprint density at radius 1 is 1.05 bits per heavy atom. The topological polar surface area (TPSA) is 158 Å². The minimum atomic E-state index is -1.18. The van der Waals surface area contributed by atoms with Gasteiger partial charge in [-0.25, -0.2) is 9.59 Å². The van der Waals surface area contributed by atoms with Crippen molar-refractivity contribution in [2.45, 2.75) is 13.5 Å². The normalized spacial score (nSPS) is 11.4. The molecule has 0 fully saturated rings. The summed E-state index contributed by atoms with van der Waals surface area (Å²) in [6.07, 6.45) is 0. The second kappa shape index (κ2) is 11.1. The number of methoxy groups -OCH3 is 2. The Bertz CT molecular complexity index is 1770. The molecule has 0 bridgehead atoms. The number of ether oxygens (including phenoxy) is 2. The molecule has 0 amide bonds. The number of para-hydroxylation sites is 1. The number of carboxylic acids is 1. The maximum atomic E-state index is 13.0. The predicted molar refractivity (Wildman–Crippen MR) is 145 cm³/mol. The van der Waals surface area contributed by atoms with Crippen LogP contribution in [0.1, 0.15) is 33.2 Å². The van der Waals surface area contributed by atoms with Crippen molar-refractivity contribution in [1.29, 1.82) is 0 Å². The zero-order chi connectivity index (χ0) is 28.2. The van der Waals surface area contributed by atoms with Crippen LogP contribution >= 0.6 is 0 Å². The van der Waals surface area contributed by atoms with Crippen LogP contribution in [0.5, 0.6) is 11.5 Å². The van der Waals surface area contributed by atoms with Crippen molar-refractivity contribution in [3.05, 3.63) is 106 Å². The van der Waals surface area contributed by atoms with E-state index >= 15 is 0 Å². The van der Waals surface area contributed by atoms with Crippen LogP contribution in [0.2, 0.25) is 0 Å². The first-order valence-electron chi connectivity index (χ1n) is 12.1. The molecule has 40 heavy (non-hydrogen) atoms. The highest BCUT2D eigenvalue weighted by Crippen LogP contribution is 2.28. The molecule has 12 nitrogen and oxygen atoms in total. The molecule has 0 aliphatic heterocycles. The second-order valence-corrected chi connectivity index (χ2v) is 8.58. The van der Waals surface area contributed by atoms with Gasteiger partial charge in [0, 0.05) is 18.1 Å². The summed E-state index contributed by atoms with van der Waals surface area (Å²) in [5.41, 5.74) is 2.08. The van der Waals surface area contributed by atoms with E-state index in [-0.39, 0.29) is 23.6 Å². The SMILES string of the molecule is COc1ccc(C(=NCc2ccc(-c3noc(C)n3)cc2)c2nn(-c3ccccc3C(=O)O)c(=O)[nH]2)cc1OC. The summed E-state index contributed by atoms with van der Waals surface area (Å²) >= 11 is 0. The van der Waals surface area contributed by atoms with Gasteiger partial charge in [-0.3, -0.25) is 9.98 Å². The van der Waals surface area contributed by atoms with Crippen LogP contribution in [-0.4, -0.2) is 55.9 Å². The van der Waals surface area contributed by atoms with Gasteiger partial charge in [0.15, 0.2) is 17.3 Å². The smallest absolute Gasteiger partial charge is 0.348 e. The average Bonchev–Trinajstić information content (AvgIpc) is 3.58. The van der Waals surface area contributed by atoms with Crippen LogP contribution in [0.3, 0.4) is 0 Å². The van der Waals surface area contributed by atoms with Gasteiger partial charge in [0.25, 0.3) is 0 Å². The Hall–Kier alpha value is -5.52. The number of carboxylic acid groups (broad SMARTS) is 1. The molecule has 2 aromatic heterocycles. The number of nitrogens with zero attached hydrogens (tertiary/aromatic N) is 5. The Labute approximate surface area is 227 Å². The number of carbonyl (C=O) groups is 1. The van der Waals surface area contributed by atoms with Gasteiger partial charge in [-0.2, -0.15) is 9.67 Å². The van der Waals surface area contributed by atoms with Crippen molar-refractivity contribution >= 4 is 11.7 Å². The molecular weight excluding hydrogens is 516 g/mol. The van der Waals surface area contributed by atoms with Crippen molar-refractivity contribution in [2.75, 3.05) is 14.2 Å². The van der Waals surface area contributed by atoms with E-state index in [2.05, 4.69) is 20.2 Å². The molecule has 0 saturated heterocycles. The number of hydrogen-bond donors (Lipinski definition) is 2. The summed E-state index contributed by atoms with van der Waals surface area (Å²) in [6.45, 7) is 1.97. The van der Waals surface area contributed by atoms with Gasteiger partial charge in [0.2, 0.25) is 11.7 Å². The molecule has 0 atom stereocenters. The minimum absolute atomic E-state index is 0.0656. The van der Waals surface area contributed by atoms with Gasteiger partial charge in [-0.1, -0.05) is 41.6 Å². The van der Waals surface area contributed by atoms with Crippen LogP contribution < -0.4 is 15.2 Å². The summed E-state index contributed by atoms with van der Waals surface area (Å²) in [5, 5.41) is 18.0. The summed E-state index contributed by atoms with van der Waals surface area (Å²) in [5.74, 6) is 0.917. The van der Waals surface area contributed by atoms with Gasteiger partial charge in [-0.15, -0.1) is 5.10 Å². The number of H-pyrrole nitrogens is 1. The summed E-state index contributed by atoms with van der Waals surface area (Å²) in [7, 11) is 3.05. The Morgan fingerprint density at radius 2 is 1.80 bits per heavy atom. The number of aliphatic imine (C=N–C) groups is 1. The highest BCUT2D eigenvalue weighted by Gasteiger charge is 2.20. The lowest BCUT2D eigenvalue weighted by atomic mass is 10.1. The largest absolute Gasteiger partial charge is 0.493 e. The Morgan fingerprint density at radius 3 is 2.48 bits per heavy atom. The fourth-order valence-corrected chi connectivity index (χ4v) is 4.07. The zero-order valence-corrected chi connectivity index (χ0v) is 21.8. The lowest BCUT2D eigenvalue weighted by molar-refractivity contribution is 0.0696. The molecule has 0 aliphatic carbocycles. The van der Waals surface area contributed by atoms with E-state index in [1.54, 1.807) is 37.3 Å². The van der Waals surface area contributed by atoms with E-state index in [4.69, 9.17) is 19.0 Å². The number of aryl methyl sites for hydroxylation is 1. The first kappa shape index (κ1) is 26.1. The standard InChI is InChI=1S/C28H24N6O6/c1-16-30-25(33-40-16)18-10-8-17(9-11-18)15-29-24(19-12-13-22(38-2)23(14-19)39-3)26-31-28(37)34(32-26)21-7-5-4-6-20(21)27(35)36/h4-14H,15H2,1-3H3,(H,35,36)(H,31,32,37). The number of aromatic amines is 1. The first-order chi connectivity index (χ1) is 19.4. The number of rotatable bonds is 9. The molecule has 0 aliphatic rings. The molecule has 5 aromatic rings. The molecule has 2 N–H and O–H groups in total. The molecule has 2 heterocycles. The van der Waals surface area contributed by atoms with Crippen LogP contribution in [0.4, 0.5) is 0 Å². The molecule has 0 spiro atoms. The monoisotopic (exact) mass is 540 g/mol. The second-order valence-electron chi connectivity index (χ2n) is 8.58. The molecule has 202 valence electrons. The van der Waals surface area contributed by atoms with Crippen molar-refractivity contribution in [3.63, 3.8) is 0 Å². The maximum Gasteiger partial charge on any atom is 0.348 e. The summed E-state index contributed by atoms with van der Waals surface area (Å²) < 4.78 is 16.9. The van der Waals surface area contributed by atoms with Crippen molar-refractivity contribution in [2.24, 2.45) is 4.99 Å². The third-order valence-electron chi connectivity index (χ3n) is 6.02. The molecule has 5 rings (SSSR count). The van der Waals surface area contributed by atoms with E-state index in [1.165, 1.54) is 26.4 Å².